The minimum atomic E-state index is -3.38. The lowest BCUT2D eigenvalue weighted by atomic mass is 10.1. The Morgan fingerprint density at radius 2 is 1.90 bits per heavy atom. The van der Waals surface area contributed by atoms with Crippen LogP contribution < -0.4 is 14.2 Å². The van der Waals surface area contributed by atoms with Gasteiger partial charge in [0.15, 0.2) is 17.3 Å². The fourth-order valence-corrected chi connectivity index (χ4v) is 4.92. The van der Waals surface area contributed by atoms with Crippen molar-refractivity contribution in [2.75, 3.05) is 33.6 Å². The Labute approximate surface area is 188 Å². The molecule has 9 nitrogen and oxygen atoms in total. The fourth-order valence-electron chi connectivity index (χ4n) is 3.79. The number of hydrogen-bond acceptors (Lipinski definition) is 7. The summed E-state index contributed by atoms with van der Waals surface area (Å²) in [6, 6.07) is 3.38. The number of benzene rings is 1. The van der Waals surface area contributed by atoms with Crippen molar-refractivity contribution >= 4 is 21.6 Å². The number of nitrogens with zero attached hydrogens (tertiary/aromatic N) is 4. The Morgan fingerprint density at radius 1 is 1.16 bits per heavy atom. The van der Waals surface area contributed by atoms with Crippen LogP contribution in [0.25, 0.3) is 0 Å². The molecule has 0 fully saturated rings. The molecule has 3 rings (SSSR count). The van der Waals surface area contributed by atoms with Crippen LogP contribution in [0.1, 0.15) is 37.1 Å². The molecule has 0 radical (unpaired) electrons. The number of methoxy groups -OCH3 is 2. The second kappa shape index (κ2) is 9.72. The summed E-state index contributed by atoms with van der Waals surface area (Å²) in [5, 5.41) is 9.22. The lowest BCUT2D eigenvalue weighted by Gasteiger charge is -2.23. The molecule has 0 aliphatic carbocycles. The number of fused-ring (bicyclic) bond motifs is 1. The van der Waals surface area contributed by atoms with Crippen molar-refractivity contribution in [2.45, 2.75) is 39.4 Å². The van der Waals surface area contributed by atoms with Gasteiger partial charge in [-0.25, -0.2) is 13.1 Å². The van der Waals surface area contributed by atoms with Gasteiger partial charge >= 0.3 is 0 Å². The molecule has 1 N–H and O–H groups in total. The van der Waals surface area contributed by atoms with Gasteiger partial charge in [0.25, 0.3) is 0 Å². The molecule has 0 unspecified atom stereocenters. The number of ether oxygens (including phenoxy) is 2. The van der Waals surface area contributed by atoms with E-state index in [0.717, 1.165) is 30.7 Å². The van der Waals surface area contributed by atoms with Gasteiger partial charge in [0, 0.05) is 32.6 Å². The van der Waals surface area contributed by atoms with Crippen LogP contribution in [0.15, 0.2) is 12.1 Å². The van der Waals surface area contributed by atoms with E-state index in [4.69, 9.17) is 21.1 Å². The third-order valence-electron chi connectivity index (χ3n) is 5.39. The Balaban J connectivity index is 1.78. The molecule has 0 amide bonds. The zero-order chi connectivity index (χ0) is 22.8. The fraction of sp³-hybridized carbons (Fsp3) is 0.600. The van der Waals surface area contributed by atoms with Crippen LogP contribution in [0.2, 0.25) is 5.02 Å². The van der Waals surface area contributed by atoms with Crippen molar-refractivity contribution in [2.24, 2.45) is 5.92 Å². The summed E-state index contributed by atoms with van der Waals surface area (Å²) in [6.45, 7) is 6.79. The Kier molecular flexibility index (Phi) is 7.46. The van der Waals surface area contributed by atoms with Gasteiger partial charge in [-0.1, -0.05) is 31.5 Å². The topological polar surface area (TPSA) is 98.6 Å². The van der Waals surface area contributed by atoms with Crippen molar-refractivity contribution in [3.8, 4) is 11.5 Å². The first-order chi connectivity index (χ1) is 14.6. The van der Waals surface area contributed by atoms with Crippen molar-refractivity contribution in [1.82, 2.24) is 24.4 Å². The summed E-state index contributed by atoms with van der Waals surface area (Å²) in [6.07, 6.45) is 1.87. The Morgan fingerprint density at radius 3 is 2.52 bits per heavy atom. The van der Waals surface area contributed by atoms with Crippen LogP contribution in [-0.2, 0) is 29.5 Å². The molecule has 1 aliphatic rings. The maximum Gasteiger partial charge on any atom is 0.209 e. The first-order valence-electron chi connectivity index (χ1n) is 10.2. The Bertz CT molecular complexity index is 1020. The number of aromatic nitrogens is 3. The summed E-state index contributed by atoms with van der Waals surface area (Å²) in [5.41, 5.74) is 0.955. The number of sulfonamides is 1. The largest absolute Gasteiger partial charge is 0.493 e. The monoisotopic (exact) mass is 471 g/mol. The van der Waals surface area contributed by atoms with E-state index in [9.17, 15) is 8.42 Å². The molecule has 31 heavy (non-hydrogen) atoms. The number of rotatable bonds is 8. The highest BCUT2D eigenvalue weighted by molar-refractivity contribution is 7.88. The van der Waals surface area contributed by atoms with Crippen molar-refractivity contribution in [1.29, 1.82) is 0 Å². The van der Waals surface area contributed by atoms with Crippen LogP contribution in [0.4, 0.5) is 0 Å². The van der Waals surface area contributed by atoms with E-state index in [1.54, 1.807) is 14.2 Å². The van der Waals surface area contributed by atoms with Crippen molar-refractivity contribution < 1.29 is 17.9 Å². The molecule has 0 saturated carbocycles. The Hall–Kier alpha value is -1.88. The van der Waals surface area contributed by atoms with Gasteiger partial charge < -0.3 is 14.0 Å². The summed E-state index contributed by atoms with van der Waals surface area (Å²) in [5.74, 6) is 2.68. The van der Waals surface area contributed by atoms with E-state index >= 15 is 0 Å². The molecule has 2 aromatic rings. The van der Waals surface area contributed by atoms with Gasteiger partial charge in [-0.15, -0.1) is 10.2 Å². The lowest BCUT2D eigenvalue weighted by Crippen LogP contribution is -2.33. The maximum atomic E-state index is 11.9. The summed E-state index contributed by atoms with van der Waals surface area (Å²) >= 11 is 6.56. The van der Waals surface area contributed by atoms with Crippen LogP contribution >= 0.6 is 11.6 Å². The average molecular weight is 472 g/mol. The summed E-state index contributed by atoms with van der Waals surface area (Å²) < 4.78 is 39.2. The zero-order valence-electron chi connectivity index (χ0n) is 18.6. The molecular weight excluding hydrogens is 442 g/mol. The molecule has 172 valence electrons. The van der Waals surface area contributed by atoms with Gasteiger partial charge in [-0.3, -0.25) is 4.90 Å². The SMILES string of the molecule is COc1ccc(CN2CCc3nnc([C@@H](NS(C)(=O)=O)C(C)C)n3CC2)c(Cl)c1OC. The number of halogens is 1. The summed E-state index contributed by atoms with van der Waals surface area (Å²) in [7, 11) is -0.223. The van der Waals surface area contributed by atoms with E-state index in [2.05, 4.69) is 19.8 Å². The van der Waals surface area contributed by atoms with E-state index in [1.165, 1.54) is 0 Å². The normalized spacial score (nSPS) is 16.1. The standard InChI is InChI=1S/C20H30ClN5O4S/c1-13(2)18(24-31(5,27)28)20-23-22-16-8-9-25(10-11-26(16)20)12-14-6-7-15(29-3)19(30-4)17(14)21/h6-7,13,18,24H,8-12H2,1-5H3/t18-/m0/s1. The highest BCUT2D eigenvalue weighted by atomic mass is 35.5. The molecule has 1 aromatic carbocycles. The number of hydrogen-bond donors (Lipinski definition) is 1. The molecule has 1 atom stereocenters. The van der Waals surface area contributed by atoms with Crippen LogP contribution in [0, 0.1) is 5.92 Å². The highest BCUT2D eigenvalue weighted by Crippen LogP contribution is 2.37. The zero-order valence-corrected chi connectivity index (χ0v) is 20.1. The van der Waals surface area contributed by atoms with E-state index in [1.807, 2.05) is 30.5 Å². The minimum Gasteiger partial charge on any atom is -0.493 e. The van der Waals surface area contributed by atoms with Gasteiger partial charge in [0.2, 0.25) is 10.0 Å². The van der Waals surface area contributed by atoms with Crippen LogP contribution in [-0.4, -0.2) is 61.6 Å². The second-order valence-electron chi connectivity index (χ2n) is 8.04. The van der Waals surface area contributed by atoms with Gasteiger partial charge in [-0.2, -0.15) is 0 Å². The molecule has 0 spiro atoms. The molecular formula is C20H30ClN5O4S. The third-order valence-corrected chi connectivity index (χ3v) is 6.49. The quantitative estimate of drug-likeness (QED) is 0.630. The molecule has 0 saturated heterocycles. The van der Waals surface area contributed by atoms with Crippen molar-refractivity contribution in [3.05, 3.63) is 34.4 Å². The molecule has 1 aliphatic heterocycles. The molecule has 1 aromatic heterocycles. The summed E-state index contributed by atoms with van der Waals surface area (Å²) in [4.78, 5) is 2.29. The van der Waals surface area contributed by atoms with Gasteiger partial charge in [0.05, 0.1) is 31.5 Å². The third kappa shape index (κ3) is 5.49. The van der Waals surface area contributed by atoms with E-state index in [0.29, 0.717) is 41.9 Å². The smallest absolute Gasteiger partial charge is 0.209 e. The predicted octanol–water partition coefficient (Wildman–Crippen LogP) is 2.25. The van der Waals surface area contributed by atoms with E-state index in [-0.39, 0.29) is 5.92 Å². The minimum absolute atomic E-state index is 0.0351. The second-order valence-corrected chi connectivity index (χ2v) is 10.2. The first-order valence-corrected chi connectivity index (χ1v) is 12.4. The van der Waals surface area contributed by atoms with Crippen molar-refractivity contribution in [3.63, 3.8) is 0 Å². The maximum absolute atomic E-state index is 11.9. The number of nitrogens with one attached hydrogen (secondary N) is 1. The first kappa shape index (κ1) is 23.8. The average Bonchev–Trinajstić information content (AvgIpc) is 3.00. The molecule has 0 bridgehead atoms. The van der Waals surface area contributed by atoms with Gasteiger partial charge in [-0.05, 0) is 17.5 Å². The molecule has 2 heterocycles. The lowest BCUT2D eigenvalue weighted by molar-refractivity contribution is 0.268. The highest BCUT2D eigenvalue weighted by Gasteiger charge is 2.28. The van der Waals surface area contributed by atoms with Crippen LogP contribution in [0.5, 0.6) is 11.5 Å². The van der Waals surface area contributed by atoms with Crippen LogP contribution in [0.3, 0.4) is 0 Å². The molecule has 11 heteroatoms. The predicted molar refractivity (Wildman–Crippen MR) is 119 cm³/mol. The van der Waals surface area contributed by atoms with Gasteiger partial charge in [0.1, 0.15) is 5.82 Å². The van der Waals surface area contributed by atoms with E-state index < -0.39 is 16.1 Å².